The summed E-state index contributed by atoms with van der Waals surface area (Å²) in [5, 5.41) is 15.0. The maximum Gasteiger partial charge on any atom is 0.460 e. The fourth-order valence-electron chi connectivity index (χ4n) is 4.86. The van der Waals surface area contributed by atoms with Crippen molar-refractivity contribution in [1.29, 1.82) is 0 Å². The number of benzene rings is 2. The Morgan fingerprint density at radius 2 is 1.90 bits per heavy atom. The number of H-pyrrole nitrogens is 1. The van der Waals surface area contributed by atoms with Gasteiger partial charge in [-0.3, -0.25) is 23.7 Å². The maximum atomic E-state index is 14.4. The molecular weight excluding hydrogens is 560 g/mol. The van der Waals surface area contributed by atoms with Crippen LogP contribution in [0.2, 0.25) is 0 Å². The summed E-state index contributed by atoms with van der Waals surface area (Å²) in [6.07, 6.45) is -2.61. The molecule has 1 aliphatic carbocycles. The summed E-state index contributed by atoms with van der Waals surface area (Å²) in [5.74, 6) is -1.63. The van der Waals surface area contributed by atoms with Gasteiger partial charge in [-0.25, -0.2) is 9.36 Å². The number of aromatic nitrogens is 2. The van der Waals surface area contributed by atoms with Gasteiger partial charge in [-0.2, -0.15) is 9.48 Å². The molecule has 0 bridgehead atoms. The zero-order valence-electron chi connectivity index (χ0n) is 22.6. The van der Waals surface area contributed by atoms with Crippen LogP contribution in [0.5, 0.6) is 5.75 Å². The Kier molecular flexibility index (Phi) is 7.92. The van der Waals surface area contributed by atoms with E-state index in [1.807, 2.05) is 23.2 Å². The SMILES string of the molecule is CC(C)OC(=O)[C@H](C)N[P@](=O)(Oc1cccc2ccccc12)OC1([C@H]2O[C@@H](n3cc(F)c(=O)[nH]c3=O)C[C@@H]2O)CC1. The van der Waals surface area contributed by atoms with Gasteiger partial charge in [-0.05, 0) is 45.1 Å². The van der Waals surface area contributed by atoms with Gasteiger partial charge in [-0.15, -0.1) is 0 Å². The monoisotopic (exact) mass is 591 g/mol. The molecule has 2 fully saturated rings. The molecule has 5 rings (SSSR count). The lowest BCUT2D eigenvalue weighted by Crippen LogP contribution is -2.42. The normalized spacial score (nSPS) is 23.7. The van der Waals surface area contributed by atoms with Crippen LogP contribution in [0.1, 0.15) is 46.3 Å². The number of aromatic amines is 1. The van der Waals surface area contributed by atoms with Gasteiger partial charge in [0.05, 0.1) is 18.4 Å². The number of carbonyl (C=O) groups excluding carboxylic acids is 1. The van der Waals surface area contributed by atoms with Crippen molar-refractivity contribution in [3.05, 3.63) is 75.3 Å². The molecule has 0 amide bonds. The first-order chi connectivity index (χ1) is 19.4. The molecular formula is C27H31FN3O9P. The highest BCUT2D eigenvalue weighted by atomic mass is 31.2. The van der Waals surface area contributed by atoms with Gasteiger partial charge in [0.2, 0.25) is 5.82 Å². The van der Waals surface area contributed by atoms with E-state index in [0.717, 1.165) is 9.95 Å². The van der Waals surface area contributed by atoms with Crippen molar-refractivity contribution in [2.24, 2.45) is 0 Å². The highest BCUT2D eigenvalue weighted by Gasteiger charge is 2.61. The van der Waals surface area contributed by atoms with Crippen LogP contribution in [0.15, 0.2) is 58.3 Å². The lowest BCUT2D eigenvalue weighted by Gasteiger charge is -2.31. The van der Waals surface area contributed by atoms with Gasteiger partial charge in [0.25, 0.3) is 5.56 Å². The van der Waals surface area contributed by atoms with E-state index < -0.39 is 67.0 Å². The first-order valence-electron chi connectivity index (χ1n) is 13.2. The number of hydrogen-bond acceptors (Lipinski definition) is 9. The molecule has 3 N–H and O–H groups in total. The van der Waals surface area contributed by atoms with Crippen molar-refractivity contribution in [2.45, 2.75) is 76.2 Å². The van der Waals surface area contributed by atoms with Crippen molar-refractivity contribution >= 4 is 24.5 Å². The van der Waals surface area contributed by atoms with Crippen molar-refractivity contribution in [2.75, 3.05) is 0 Å². The van der Waals surface area contributed by atoms with Crippen molar-refractivity contribution < 1.29 is 37.4 Å². The Morgan fingerprint density at radius 3 is 2.61 bits per heavy atom. The van der Waals surface area contributed by atoms with Crippen molar-refractivity contribution in [3.8, 4) is 5.75 Å². The molecule has 2 heterocycles. The third kappa shape index (κ3) is 6.14. The summed E-state index contributed by atoms with van der Waals surface area (Å²) < 4.78 is 52.5. The summed E-state index contributed by atoms with van der Waals surface area (Å²) in [5.41, 5.74) is -3.40. The lowest BCUT2D eigenvalue weighted by atomic mass is 10.1. The number of nitrogens with one attached hydrogen (secondary N) is 2. The van der Waals surface area contributed by atoms with Crippen LogP contribution in [0, 0.1) is 5.82 Å². The van der Waals surface area contributed by atoms with Crippen LogP contribution in [0.25, 0.3) is 10.8 Å². The molecule has 2 aromatic carbocycles. The lowest BCUT2D eigenvalue weighted by molar-refractivity contribution is -0.149. The highest BCUT2D eigenvalue weighted by molar-refractivity contribution is 7.52. The van der Waals surface area contributed by atoms with E-state index in [-0.39, 0.29) is 12.2 Å². The van der Waals surface area contributed by atoms with Gasteiger partial charge < -0.3 is 19.1 Å². The molecule has 1 aliphatic heterocycles. The van der Waals surface area contributed by atoms with Gasteiger partial charge in [0.15, 0.2) is 0 Å². The van der Waals surface area contributed by atoms with Crippen LogP contribution in [0.3, 0.4) is 0 Å². The van der Waals surface area contributed by atoms with E-state index in [9.17, 15) is 28.4 Å². The summed E-state index contributed by atoms with van der Waals surface area (Å²) >= 11 is 0. The van der Waals surface area contributed by atoms with Crippen LogP contribution >= 0.6 is 7.75 Å². The van der Waals surface area contributed by atoms with E-state index in [4.69, 9.17) is 18.5 Å². The second-order valence-corrected chi connectivity index (χ2v) is 12.1. The standard InChI is InChI=1S/C27H31FN3O9P/c1-15(2)37-25(34)16(3)30-41(36,39-21-10-6-8-17-7-4-5-9-18(17)21)40-27(11-12-27)23-20(32)13-22(38-23)31-14-19(28)24(33)29-26(31)35/h4-10,14-16,20,22-23,32H,11-13H2,1-3H3,(H,30,36)(H,29,33,35)/t16-,20-,22+,23-,41-/m0/s1. The van der Waals surface area contributed by atoms with Crippen LogP contribution in [-0.4, -0.2) is 50.6 Å². The molecule has 1 saturated carbocycles. The third-order valence-electron chi connectivity index (χ3n) is 6.92. The molecule has 1 saturated heterocycles. The molecule has 5 atom stereocenters. The number of esters is 1. The Hall–Kier alpha value is -3.35. The van der Waals surface area contributed by atoms with Gasteiger partial charge >= 0.3 is 19.4 Å². The minimum atomic E-state index is -4.37. The topological polar surface area (TPSA) is 158 Å². The Morgan fingerprint density at radius 1 is 1.20 bits per heavy atom. The van der Waals surface area contributed by atoms with Gasteiger partial charge in [-0.1, -0.05) is 36.4 Å². The van der Waals surface area contributed by atoms with E-state index >= 15 is 0 Å². The van der Waals surface area contributed by atoms with Crippen molar-refractivity contribution in [3.63, 3.8) is 0 Å². The fraction of sp³-hybridized carbons (Fsp3) is 0.444. The number of rotatable bonds is 10. The second kappa shape index (κ2) is 11.1. The quantitative estimate of drug-likeness (QED) is 0.236. The summed E-state index contributed by atoms with van der Waals surface area (Å²) in [6, 6.07) is 11.4. The van der Waals surface area contributed by atoms with E-state index in [1.54, 1.807) is 38.1 Å². The molecule has 220 valence electrons. The average Bonchev–Trinajstić information content (AvgIpc) is 3.56. The number of nitrogens with zero attached hydrogens (tertiary/aromatic N) is 1. The van der Waals surface area contributed by atoms with Crippen LogP contribution < -0.4 is 20.9 Å². The van der Waals surface area contributed by atoms with Crippen molar-refractivity contribution in [1.82, 2.24) is 14.6 Å². The minimum absolute atomic E-state index is 0.125. The predicted octanol–water partition coefficient (Wildman–Crippen LogP) is 3.14. The molecule has 41 heavy (non-hydrogen) atoms. The summed E-state index contributed by atoms with van der Waals surface area (Å²) in [4.78, 5) is 38.2. The number of aliphatic hydroxyl groups excluding tert-OH is 1. The Balaban J connectivity index is 1.44. The summed E-state index contributed by atoms with van der Waals surface area (Å²) in [6.45, 7) is 4.82. The summed E-state index contributed by atoms with van der Waals surface area (Å²) in [7, 11) is -4.37. The largest absolute Gasteiger partial charge is 0.462 e. The number of ether oxygens (including phenoxy) is 2. The fourth-order valence-corrected chi connectivity index (χ4v) is 6.77. The number of carbonyl (C=O) groups is 1. The van der Waals surface area contributed by atoms with E-state index in [1.165, 1.54) is 6.92 Å². The molecule has 1 aromatic heterocycles. The van der Waals surface area contributed by atoms with E-state index in [0.29, 0.717) is 24.4 Å². The molecule has 0 spiro atoms. The number of aliphatic hydroxyl groups is 1. The molecule has 3 aromatic rings. The molecule has 0 unspecified atom stereocenters. The molecule has 14 heteroatoms. The zero-order valence-corrected chi connectivity index (χ0v) is 23.5. The van der Waals surface area contributed by atoms with Crippen LogP contribution in [-0.2, 0) is 23.4 Å². The highest BCUT2D eigenvalue weighted by Crippen LogP contribution is 2.60. The first-order valence-corrected chi connectivity index (χ1v) is 14.7. The first kappa shape index (κ1) is 29.2. The molecule has 12 nitrogen and oxygen atoms in total. The maximum absolute atomic E-state index is 14.4. The number of fused-ring (bicyclic) bond motifs is 1. The second-order valence-electron chi connectivity index (χ2n) is 10.5. The third-order valence-corrected chi connectivity index (χ3v) is 8.66. The van der Waals surface area contributed by atoms with Crippen LogP contribution in [0.4, 0.5) is 4.39 Å². The predicted molar refractivity (Wildman–Crippen MR) is 145 cm³/mol. The van der Waals surface area contributed by atoms with E-state index in [2.05, 4.69) is 5.09 Å². The molecule has 2 aliphatic rings. The number of hydrogen-bond donors (Lipinski definition) is 3. The Labute approximate surface area is 234 Å². The Bertz CT molecular complexity index is 1610. The minimum Gasteiger partial charge on any atom is -0.462 e. The smallest absolute Gasteiger partial charge is 0.460 e. The zero-order chi connectivity index (χ0) is 29.5. The molecule has 0 radical (unpaired) electrons. The average molecular weight is 592 g/mol. The van der Waals surface area contributed by atoms with Gasteiger partial charge in [0, 0.05) is 11.8 Å². The van der Waals surface area contributed by atoms with Gasteiger partial charge in [0.1, 0.15) is 29.7 Å². The number of halogens is 1.